The molecule has 112 valence electrons. The van der Waals surface area contributed by atoms with Crippen molar-refractivity contribution in [3.63, 3.8) is 0 Å². The van der Waals surface area contributed by atoms with E-state index in [-0.39, 0.29) is 6.04 Å². The number of aliphatic hydroxyl groups is 1. The van der Waals surface area contributed by atoms with Crippen LogP contribution in [0.5, 0.6) is 5.75 Å². The van der Waals surface area contributed by atoms with Gasteiger partial charge in [0.1, 0.15) is 18.0 Å². The van der Waals surface area contributed by atoms with E-state index in [0.717, 1.165) is 24.4 Å². The highest BCUT2D eigenvalue weighted by atomic mass is 16.5. The number of para-hydroxylation sites is 1. The molecule has 0 spiro atoms. The molecule has 0 heterocycles. The molecule has 0 fully saturated rings. The zero-order chi connectivity index (χ0) is 15.2. The normalized spacial score (nSPS) is 15.7. The van der Waals surface area contributed by atoms with Gasteiger partial charge in [0.25, 0.3) is 0 Å². The third-order valence-corrected chi connectivity index (χ3v) is 3.96. The number of ether oxygens (including phenoxy) is 1. The summed E-state index contributed by atoms with van der Waals surface area (Å²) in [6.45, 7) is 14.0. The van der Waals surface area contributed by atoms with Crippen molar-refractivity contribution in [1.82, 2.24) is 4.90 Å². The summed E-state index contributed by atoms with van der Waals surface area (Å²) in [5.41, 5.74) is -0.148. The molecule has 0 aliphatic heterocycles. The first-order valence-corrected chi connectivity index (χ1v) is 7.28. The van der Waals surface area contributed by atoms with Crippen LogP contribution in [0.4, 0.5) is 0 Å². The molecule has 2 unspecified atom stereocenters. The van der Waals surface area contributed by atoms with Gasteiger partial charge >= 0.3 is 0 Å². The lowest BCUT2D eigenvalue weighted by Crippen LogP contribution is -2.47. The maximum atomic E-state index is 11.0. The van der Waals surface area contributed by atoms with E-state index in [1.165, 1.54) is 0 Å². The van der Waals surface area contributed by atoms with Gasteiger partial charge in [-0.15, -0.1) is 0 Å². The van der Waals surface area contributed by atoms with Gasteiger partial charge in [-0.1, -0.05) is 44.7 Å². The Labute approximate surface area is 122 Å². The summed E-state index contributed by atoms with van der Waals surface area (Å²) in [6.07, 6.45) is 1.71. The largest absolute Gasteiger partial charge is 0.489 e. The second-order valence-electron chi connectivity index (χ2n) is 5.14. The van der Waals surface area contributed by atoms with Crippen molar-refractivity contribution in [1.29, 1.82) is 0 Å². The Morgan fingerprint density at radius 1 is 1.35 bits per heavy atom. The van der Waals surface area contributed by atoms with Gasteiger partial charge in [0, 0.05) is 11.6 Å². The summed E-state index contributed by atoms with van der Waals surface area (Å²) in [6, 6.07) is 7.67. The van der Waals surface area contributed by atoms with Gasteiger partial charge in [0.05, 0.1) is 0 Å². The van der Waals surface area contributed by atoms with Crippen molar-refractivity contribution in [3.05, 3.63) is 42.5 Å². The molecule has 0 aliphatic rings. The quantitative estimate of drug-likeness (QED) is 0.741. The molecule has 2 atom stereocenters. The van der Waals surface area contributed by atoms with Gasteiger partial charge in [0.15, 0.2) is 0 Å². The summed E-state index contributed by atoms with van der Waals surface area (Å²) in [5.74, 6) is 0.719. The van der Waals surface area contributed by atoms with Gasteiger partial charge in [0.2, 0.25) is 0 Å². The Bertz CT molecular complexity index is 425. The molecule has 0 aliphatic carbocycles. The second-order valence-corrected chi connectivity index (χ2v) is 5.14. The molecule has 0 bridgehead atoms. The molecule has 0 amide bonds. The summed E-state index contributed by atoms with van der Waals surface area (Å²) >= 11 is 0. The molecule has 20 heavy (non-hydrogen) atoms. The average molecular weight is 277 g/mol. The van der Waals surface area contributed by atoms with Gasteiger partial charge in [-0.2, -0.15) is 0 Å². The number of benzene rings is 1. The van der Waals surface area contributed by atoms with Crippen LogP contribution in [0.2, 0.25) is 0 Å². The van der Waals surface area contributed by atoms with Crippen molar-refractivity contribution < 1.29 is 9.84 Å². The maximum Gasteiger partial charge on any atom is 0.125 e. The summed E-state index contributed by atoms with van der Waals surface area (Å²) < 4.78 is 5.67. The smallest absolute Gasteiger partial charge is 0.125 e. The number of rotatable bonds is 8. The van der Waals surface area contributed by atoms with E-state index in [1.54, 1.807) is 6.08 Å². The molecular weight excluding hydrogens is 250 g/mol. The first-order valence-electron chi connectivity index (χ1n) is 7.28. The van der Waals surface area contributed by atoms with Gasteiger partial charge < -0.3 is 9.84 Å². The van der Waals surface area contributed by atoms with E-state index in [0.29, 0.717) is 6.61 Å². The standard InChI is InChI=1S/C17H27NO2/c1-6-13-20-16-12-10-9-11-15(16)17(5,19)14(4)18(7-2)8-3/h6,9-12,14,19H,1,7-8,13H2,2-5H3. The van der Waals surface area contributed by atoms with Gasteiger partial charge in [-0.05, 0) is 33.0 Å². The van der Waals surface area contributed by atoms with Crippen LogP contribution in [-0.4, -0.2) is 35.7 Å². The zero-order valence-corrected chi connectivity index (χ0v) is 13.1. The van der Waals surface area contributed by atoms with Crippen molar-refractivity contribution in [3.8, 4) is 5.75 Å². The Morgan fingerprint density at radius 2 is 1.95 bits per heavy atom. The summed E-state index contributed by atoms with van der Waals surface area (Å²) in [5, 5.41) is 11.0. The zero-order valence-electron chi connectivity index (χ0n) is 13.1. The number of hydrogen-bond acceptors (Lipinski definition) is 3. The van der Waals surface area contributed by atoms with Crippen LogP contribution < -0.4 is 4.74 Å². The average Bonchev–Trinajstić information content (AvgIpc) is 2.46. The minimum absolute atomic E-state index is 0.00554. The maximum absolute atomic E-state index is 11.0. The highest BCUT2D eigenvalue weighted by Crippen LogP contribution is 2.34. The summed E-state index contributed by atoms with van der Waals surface area (Å²) in [7, 11) is 0. The van der Waals surface area contributed by atoms with Gasteiger partial charge in [-0.3, -0.25) is 4.90 Å². The Kier molecular flexibility index (Phi) is 6.24. The first kappa shape index (κ1) is 16.7. The van der Waals surface area contributed by atoms with E-state index >= 15 is 0 Å². The molecule has 0 saturated carbocycles. The first-order chi connectivity index (χ1) is 9.48. The Morgan fingerprint density at radius 3 is 2.50 bits per heavy atom. The van der Waals surface area contributed by atoms with Crippen LogP contribution in [0.1, 0.15) is 33.3 Å². The predicted octanol–water partition coefficient (Wildman–Crippen LogP) is 3.19. The lowest BCUT2D eigenvalue weighted by molar-refractivity contribution is -0.0297. The van der Waals surface area contributed by atoms with E-state index in [2.05, 4.69) is 32.3 Å². The van der Waals surface area contributed by atoms with Crippen LogP contribution in [0.15, 0.2) is 36.9 Å². The van der Waals surface area contributed by atoms with Crippen molar-refractivity contribution in [2.75, 3.05) is 19.7 Å². The minimum Gasteiger partial charge on any atom is -0.489 e. The molecule has 3 heteroatoms. The molecule has 1 N–H and O–H groups in total. The van der Waals surface area contributed by atoms with E-state index in [9.17, 15) is 5.11 Å². The van der Waals surface area contributed by atoms with Crippen molar-refractivity contribution in [2.24, 2.45) is 0 Å². The Balaban J connectivity index is 3.10. The van der Waals surface area contributed by atoms with E-state index in [1.807, 2.05) is 31.2 Å². The lowest BCUT2D eigenvalue weighted by atomic mass is 9.87. The van der Waals surface area contributed by atoms with Crippen molar-refractivity contribution >= 4 is 0 Å². The molecule has 1 aromatic carbocycles. The third-order valence-electron chi connectivity index (χ3n) is 3.96. The molecule has 3 nitrogen and oxygen atoms in total. The molecule has 1 rings (SSSR count). The van der Waals surface area contributed by atoms with Crippen molar-refractivity contribution in [2.45, 2.75) is 39.3 Å². The fraction of sp³-hybridized carbons (Fsp3) is 0.529. The van der Waals surface area contributed by atoms with Crippen LogP contribution in [-0.2, 0) is 5.60 Å². The fourth-order valence-electron chi connectivity index (χ4n) is 2.51. The molecule has 0 radical (unpaired) electrons. The van der Waals surface area contributed by atoms with Crippen LogP contribution in [0, 0.1) is 0 Å². The molecule has 1 aromatic rings. The third kappa shape index (κ3) is 3.62. The molecule has 0 aromatic heterocycles. The topological polar surface area (TPSA) is 32.7 Å². The van der Waals surface area contributed by atoms with E-state index in [4.69, 9.17) is 4.74 Å². The minimum atomic E-state index is -0.968. The van der Waals surface area contributed by atoms with Crippen LogP contribution in [0.25, 0.3) is 0 Å². The number of likely N-dealkylation sites (N-methyl/N-ethyl adjacent to an activating group) is 1. The SMILES string of the molecule is C=CCOc1ccccc1C(C)(O)C(C)N(CC)CC. The van der Waals surface area contributed by atoms with Crippen LogP contribution in [0.3, 0.4) is 0 Å². The number of nitrogens with zero attached hydrogens (tertiary/aromatic N) is 1. The van der Waals surface area contributed by atoms with Crippen LogP contribution >= 0.6 is 0 Å². The molecular formula is C17H27NO2. The fourth-order valence-corrected chi connectivity index (χ4v) is 2.51. The summed E-state index contributed by atoms with van der Waals surface area (Å²) in [4.78, 5) is 2.24. The van der Waals surface area contributed by atoms with E-state index < -0.39 is 5.60 Å². The van der Waals surface area contributed by atoms with Gasteiger partial charge in [-0.25, -0.2) is 0 Å². The number of hydrogen-bond donors (Lipinski definition) is 1. The molecule has 0 saturated heterocycles. The highest BCUT2D eigenvalue weighted by molar-refractivity contribution is 5.38. The Hall–Kier alpha value is -1.32. The lowest BCUT2D eigenvalue weighted by Gasteiger charge is -2.38. The predicted molar refractivity (Wildman–Crippen MR) is 84.1 cm³/mol. The highest BCUT2D eigenvalue weighted by Gasteiger charge is 2.35. The second kappa shape index (κ2) is 7.46. The monoisotopic (exact) mass is 277 g/mol.